The van der Waals surface area contributed by atoms with E-state index in [1.165, 1.54) is 38.5 Å². The van der Waals surface area contributed by atoms with Crippen LogP contribution in [0.15, 0.2) is 16.9 Å². The maximum atomic E-state index is 9.60. The van der Waals surface area contributed by atoms with Gasteiger partial charge in [-0.15, -0.1) is 0 Å². The number of rotatable bonds is 1. The van der Waals surface area contributed by atoms with Crippen LogP contribution in [0, 0.1) is 16.7 Å². The fourth-order valence-corrected chi connectivity index (χ4v) is 3.56. The summed E-state index contributed by atoms with van der Waals surface area (Å²) < 4.78 is 0. The van der Waals surface area contributed by atoms with Gasteiger partial charge in [-0.1, -0.05) is 0 Å². The first-order valence-corrected chi connectivity index (χ1v) is 8.42. The van der Waals surface area contributed by atoms with Gasteiger partial charge in [0, 0.05) is 32.6 Å². The van der Waals surface area contributed by atoms with Gasteiger partial charge in [-0.2, -0.15) is 5.26 Å². The second kappa shape index (κ2) is 6.09. The summed E-state index contributed by atoms with van der Waals surface area (Å²) in [6.07, 6.45) is 10.5. The van der Waals surface area contributed by atoms with Gasteiger partial charge in [-0.25, -0.2) is 4.99 Å². The van der Waals surface area contributed by atoms with Crippen molar-refractivity contribution < 1.29 is 0 Å². The number of nitrogens with zero attached hydrogens (tertiary/aromatic N) is 4. The van der Waals surface area contributed by atoms with Crippen molar-refractivity contribution in [3.63, 3.8) is 0 Å². The zero-order valence-electron chi connectivity index (χ0n) is 13.1. The van der Waals surface area contributed by atoms with Crippen LogP contribution < -0.4 is 0 Å². The molecule has 0 saturated carbocycles. The average molecular weight is 286 g/mol. The molecule has 0 N–H and O–H groups in total. The van der Waals surface area contributed by atoms with E-state index in [0.717, 1.165) is 44.3 Å². The monoisotopic (exact) mass is 286 g/mol. The first kappa shape index (κ1) is 14.4. The molecular formula is C17H26N4. The van der Waals surface area contributed by atoms with E-state index in [-0.39, 0.29) is 0 Å². The average Bonchev–Trinajstić information content (AvgIpc) is 2.56. The SMILES string of the molecule is CC1(C#N)C=C(N2CCCCC2)N=C(N2CCCCC2)C1. The molecule has 0 aromatic rings. The molecule has 1 unspecified atom stereocenters. The van der Waals surface area contributed by atoms with Gasteiger partial charge in [-0.05, 0) is 51.5 Å². The molecule has 4 nitrogen and oxygen atoms in total. The van der Waals surface area contributed by atoms with Crippen molar-refractivity contribution in [1.82, 2.24) is 9.80 Å². The number of hydrogen-bond acceptors (Lipinski definition) is 4. The summed E-state index contributed by atoms with van der Waals surface area (Å²) in [6.45, 7) is 6.44. The Bertz CT molecular complexity index is 476. The molecule has 2 saturated heterocycles. The molecule has 0 aliphatic carbocycles. The maximum absolute atomic E-state index is 9.60. The van der Waals surface area contributed by atoms with Crippen LogP contribution in [-0.4, -0.2) is 41.8 Å². The minimum atomic E-state index is -0.401. The van der Waals surface area contributed by atoms with E-state index < -0.39 is 5.41 Å². The van der Waals surface area contributed by atoms with E-state index in [1.807, 2.05) is 0 Å². The van der Waals surface area contributed by atoms with Crippen LogP contribution in [0.3, 0.4) is 0 Å². The van der Waals surface area contributed by atoms with Crippen molar-refractivity contribution in [3.8, 4) is 6.07 Å². The van der Waals surface area contributed by atoms with Crippen molar-refractivity contribution in [2.45, 2.75) is 51.9 Å². The Hall–Kier alpha value is -1.50. The summed E-state index contributed by atoms with van der Waals surface area (Å²) in [5, 5.41) is 9.60. The highest BCUT2D eigenvalue weighted by molar-refractivity contribution is 5.85. The molecule has 0 aromatic carbocycles. The second-order valence-electron chi connectivity index (χ2n) is 6.83. The van der Waals surface area contributed by atoms with E-state index in [1.54, 1.807) is 0 Å². The van der Waals surface area contributed by atoms with E-state index in [9.17, 15) is 5.26 Å². The number of hydrogen-bond donors (Lipinski definition) is 0. The Labute approximate surface area is 128 Å². The fraction of sp³-hybridized carbons (Fsp3) is 0.765. The lowest BCUT2D eigenvalue weighted by atomic mass is 9.85. The Balaban J connectivity index is 1.84. The van der Waals surface area contributed by atoms with Crippen molar-refractivity contribution in [1.29, 1.82) is 5.26 Å². The maximum Gasteiger partial charge on any atom is 0.128 e. The lowest BCUT2D eigenvalue weighted by molar-refractivity contribution is 0.270. The van der Waals surface area contributed by atoms with Gasteiger partial charge in [0.2, 0.25) is 0 Å². The smallest absolute Gasteiger partial charge is 0.128 e. The molecule has 2 fully saturated rings. The van der Waals surface area contributed by atoms with E-state index in [0.29, 0.717) is 0 Å². The Kier molecular flexibility index (Phi) is 4.19. The topological polar surface area (TPSA) is 42.6 Å². The molecule has 0 spiro atoms. The predicted octanol–water partition coefficient (Wildman–Crippen LogP) is 3.13. The normalized spacial score (nSPS) is 30.5. The molecule has 0 bridgehead atoms. The zero-order chi connectivity index (χ0) is 14.7. The van der Waals surface area contributed by atoms with E-state index in [2.05, 4.69) is 28.9 Å². The standard InChI is InChI=1S/C17H26N4/c1-17(14-18)12-15(20-8-4-2-5-9-20)19-16(13-17)21-10-6-3-7-11-21/h12H,2-11,13H2,1H3. The van der Waals surface area contributed by atoms with Crippen LogP contribution in [0.2, 0.25) is 0 Å². The highest BCUT2D eigenvalue weighted by Gasteiger charge is 2.33. The molecule has 3 heterocycles. The van der Waals surface area contributed by atoms with Crippen LogP contribution in [0.5, 0.6) is 0 Å². The fourth-order valence-electron chi connectivity index (χ4n) is 3.56. The largest absolute Gasteiger partial charge is 0.360 e. The molecular weight excluding hydrogens is 260 g/mol. The third kappa shape index (κ3) is 3.23. The van der Waals surface area contributed by atoms with E-state index in [4.69, 9.17) is 4.99 Å². The first-order valence-electron chi connectivity index (χ1n) is 8.42. The van der Waals surface area contributed by atoms with Crippen LogP contribution in [0.4, 0.5) is 0 Å². The van der Waals surface area contributed by atoms with E-state index >= 15 is 0 Å². The Morgan fingerprint density at radius 3 is 2.14 bits per heavy atom. The molecule has 0 radical (unpaired) electrons. The lowest BCUT2D eigenvalue weighted by Gasteiger charge is -2.38. The first-order chi connectivity index (χ1) is 10.2. The van der Waals surface area contributed by atoms with Gasteiger partial charge in [0.05, 0.1) is 11.5 Å². The van der Waals surface area contributed by atoms with Gasteiger partial charge >= 0.3 is 0 Å². The molecule has 1 atom stereocenters. The number of likely N-dealkylation sites (tertiary alicyclic amines) is 2. The Morgan fingerprint density at radius 2 is 1.57 bits per heavy atom. The summed E-state index contributed by atoms with van der Waals surface area (Å²) in [7, 11) is 0. The molecule has 3 aliphatic heterocycles. The van der Waals surface area contributed by atoms with Gasteiger partial charge < -0.3 is 9.80 Å². The Morgan fingerprint density at radius 1 is 1.00 bits per heavy atom. The summed E-state index contributed by atoms with van der Waals surface area (Å²) in [5.41, 5.74) is -0.401. The highest BCUT2D eigenvalue weighted by atomic mass is 15.3. The van der Waals surface area contributed by atoms with Crippen molar-refractivity contribution >= 4 is 5.84 Å². The van der Waals surface area contributed by atoms with Crippen LogP contribution in [-0.2, 0) is 0 Å². The van der Waals surface area contributed by atoms with Crippen molar-refractivity contribution in [3.05, 3.63) is 11.9 Å². The highest BCUT2D eigenvalue weighted by Crippen LogP contribution is 2.33. The minimum Gasteiger partial charge on any atom is -0.360 e. The molecule has 21 heavy (non-hydrogen) atoms. The van der Waals surface area contributed by atoms with Crippen molar-refractivity contribution in [2.24, 2.45) is 10.4 Å². The third-order valence-corrected chi connectivity index (χ3v) is 4.87. The minimum absolute atomic E-state index is 0.401. The number of piperidine rings is 2. The van der Waals surface area contributed by atoms with Gasteiger partial charge in [0.1, 0.15) is 11.7 Å². The van der Waals surface area contributed by atoms with Crippen LogP contribution in [0.25, 0.3) is 0 Å². The molecule has 3 aliphatic rings. The summed E-state index contributed by atoms with van der Waals surface area (Å²) in [5.74, 6) is 2.19. The molecule has 4 heteroatoms. The number of amidine groups is 1. The quantitative estimate of drug-likeness (QED) is 0.743. The molecule has 3 rings (SSSR count). The second-order valence-corrected chi connectivity index (χ2v) is 6.83. The molecule has 0 amide bonds. The van der Waals surface area contributed by atoms with Crippen molar-refractivity contribution in [2.75, 3.05) is 26.2 Å². The van der Waals surface area contributed by atoms with Crippen LogP contribution in [0.1, 0.15) is 51.9 Å². The number of aliphatic imine (C=N–C) groups is 1. The van der Waals surface area contributed by atoms with Crippen LogP contribution >= 0.6 is 0 Å². The van der Waals surface area contributed by atoms with Gasteiger partial charge in [0.25, 0.3) is 0 Å². The number of nitriles is 1. The summed E-state index contributed by atoms with van der Waals surface area (Å²) in [6, 6.07) is 2.51. The van der Waals surface area contributed by atoms with Gasteiger partial charge in [0.15, 0.2) is 0 Å². The molecule has 0 aromatic heterocycles. The molecule has 114 valence electrons. The zero-order valence-corrected chi connectivity index (χ0v) is 13.1. The number of allylic oxidation sites excluding steroid dienone is 1. The summed E-state index contributed by atoms with van der Waals surface area (Å²) >= 11 is 0. The third-order valence-electron chi connectivity index (χ3n) is 4.87. The summed E-state index contributed by atoms with van der Waals surface area (Å²) in [4.78, 5) is 9.74. The van der Waals surface area contributed by atoms with Gasteiger partial charge in [-0.3, -0.25) is 0 Å². The lowest BCUT2D eigenvalue weighted by Crippen LogP contribution is -2.41. The predicted molar refractivity (Wildman–Crippen MR) is 84.7 cm³/mol.